The lowest BCUT2D eigenvalue weighted by molar-refractivity contribution is -0.124. The highest BCUT2D eigenvalue weighted by Gasteiger charge is 2.26. The predicted octanol–water partition coefficient (Wildman–Crippen LogP) is 0.607. The first-order valence-electron chi connectivity index (χ1n) is 7.03. The van der Waals surface area contributed by atoms with Gasteiger partial charge in [-0.2, -0.15) is 0 Å². The Morgan fingerprint density at radius 2 is 2.05 bits per heavy atom. The first-order chi connectivity index (χ1) is 9.06. The molecule has 1 heterocycles. The van der Waals surface area contributed by atoms with Crippen LogP contribution >= 0.6 is 0 Å². The number of rotatable bonds is 7. The van der Waals surface area contributed by atoms with Gasteiger partial charge in [-0.25, -0.2) is 0 Å². The van der Waals surface area contributed by atoms with E-state index in [2.05, 4.69) is 15.4 Å². The summed E-state index contributed by atoms with van der Waals surface area (Å²) >= 11 is 0. The third-order valence-electron chi connectivity index (χ3n) is 3.53. The minimum Gasteiger partial charge on any atom is -0.409 e. The van der Waals surface area contributed by atoms with E-state index in [0.29, 0.717) is 6.54 Å². The SMILES string of the molecule is CC(C)C(C(=O)NCCCN1CCCC1)C(N)=NO. The van der Waals surface area contributed by atoms with Crippen molar-refractivity contribution < 1.29 is 10.0 Å². The summed E-state index contributed by atoms with van der Waals surface area (Å²) in [5, 5.41) is 14.5. The molecule has 1 fully saturated rings. The number of oxime groups is 1. The molecule has 110 valence electrons. The fourth-order valence-corrected chi connectivity index (χ4v) is 2.47. The van der Waals surface area contributed by atoms with Crippen LogP contribution in [0.1, 0.15) is 33.1 Å². The van der Waals surface area contributed by atoms with Gasteiger partial charge in [0.05, 0.1) is 0 Å². The number of nitrogens with one attached hydrogen (secondary N) is 1. The van der Waals surface area contributed by atoms with Crippen LogP contribution in [-0.2, 0) is 4.79 Å². The Balaban J connectivity index is 2.28. The molecule has 4 N–H and O–H groups in total. The quantitative estimate of drug-likeness (QED) is 0.208. The summed E-state index contributed by atoms with van der Waals surface area (Å²) in [6.07, 6.45) is 3.50. The Labute approximate surface area is 115 Å². The monoisotopic (exact) mass is 270 g/mol. The number of hydrogen-bond donors (Lipinski definition) is 3. The summed E-state index contributed by atoms with van der Waals surface area (Å²) in [6.45, 7) is 7.77. The van der Waals surface area contributed by atoms with Crippen molar-refractivity contribution >= 4 is 11.7 Å². The third-order valence-corrected chi connectivity index (χ3v) is 3.53. The number of amidine groups is 1. The van der Waals surface area contributed by atoms with E-state index in [-0.39, 0.29) is 17.7 Å². The van der Waals surface area contributed by atoms with Crippen molar-refractivity contribution in [3.8, 4) is 0 Å². The topological polar surface area (TPSA) is 91.0 Å². The Kier molecular flexibility index (Phi) is 6.62. The Hall–Kier alpha value is -1.30. The highest BCUT2D eigenvalue weighted by molar-refractivity contribution is 6.02. The molecule has 1 saturated heterocycles. The van der Waals surface area contributed by atoms with Crippen LogP contribution in [0.3, 0.4) is 0 Å². The van der Waals surface area contributed by atoms with Gasteiger partial charge in [-0.15, -0.1) is 0 Å². The molecule has 0 saturated carbocycles. The van der Waals surface area contributed by atoms with E-state index < -0.39 is 5.92 Å². The third kappa shape index (κ3) is 5.06. The van der Waals surface area contributed by atoms with Gasteiger partial charge in [-0.05, 0) is 44.8 Å². The zero-order valence-corrected chi connectivity index (χ0v) is 11.9. The van der Waals surface area contributed by atoms with Crippen LogP contribution < -0.4 is 11.1 Å². The van der Waals surface area contributed by atoms with Gasteiger partial charge < -0.3 is 21.2 Å². The number of hydrogen-bond acceptors (Lipinski definition) is 4. The number of nitrogens with zero attached hydrogens (tertiary/aromatic N) is 2. The van der Waals surface area contributed by atoms with E-state index in [1.807, 2.05) is 13.8 Å². The van der Waals surface area contributed by atoms with E-state index in [1.54, 1.807) is 0 Å². The zero-order valence-electron chi connectivity index (χ0n) is 11.9. The predicted molar refractivity (Wildman–Crippen MR) is 75.0 cm³/mol. The lowest BCUT2D eigenvalue weighted by atomic mass is 9.94. The van der Waals surface area contributed by atoms with Gasteiger partial charge >= 0.3 is 0 Å². The number of nitrogens with two attached hydrogens (primary N) is 1. The van der Waals surface area contributed by atoms with E-state index in [4.69, 9.17) is 10.9 Å². The van der Waals surface area contributed by atoms with E-state index in [9.17, 15) is 4.79 Å². The van der Waals surface area contributed by atoms with Crippen molar-refractivity contribution in [1.29, 1.82) is 0 Å². The largest absolute Gasteiger partial charge is 0.409 e. The zero-order chi connectivity index (χ0) is 14.3. The smallest absolute Gasteiger partial charge is 0.231 e. The minimum absolute atomic E-state index is 0.00878. The fourth-order valence-electron chi connectivity index (χ4n) is 2.47. The molecule has 1 aliphatic rings. The molecule has 0 spiro atoms. The molecule has 1 unspecified atom stereocenters. The molecule has 0 aromatic carbocycles. The minimum atomic E-state index is -0.559. The van der Waals surface area contributed by atoms with Gasteiger partial charge in [0.2, 0.25) is 5.91 Å². The molecule has 6 heteroatoms. The van der Waals surface area contributed by atoms with Crippen molar-refractivity contribution in [1.82, 2.24) is 10.2 Å². The van der Waals surface area contributed by atoms with Crippen LogP contribution in [-0.4, -0.2) is 48.0 Å². The Bertz CT molecular complexity index is 312. The normalized spacial score (nSPS) is 18.8. The van der Waals surface area contributed by atoms with E-state index in [0.717, 1.165) is 13.0 Å². The van der Waals surface area contributed by atoms with Gasteiger partial charge in [0.15, 0.2) is 5.84 Å². The van der Waals surface area contributed by atoms with Gasteiger partial charge in [-0.1, -0.05) is 19.0 Å². The van der Waals surface area contributed by atoms with Gasteiger partial charge in [0, 0.05) is 6.54 Å². The van der Waals surface area contributed by atoms with E-state index in [1.165, 1.54) is 25.9 Å². The molecule has 0 aromatic rings. The first kappa shape index (κ1) is 15.8. The van der Waals surface area contributed by atoms with Crippen LogP contribution in [0.25, 0.3) is 0 Å². The molecule has 1 amide bonds. The number of amides is 1. The molecule has 0 bridgehead atoms. The molecular formula is C13H26N4O2. The maximum atomic E-state index is 12.0. The molecule has 0 radical (unpaired) electrons. The number of carbonyl (C=O) groups is 1. The van der Waals surface area contributed by atoms with Crippen molar-refractivity contribution in [2.24, 2.45) is 22.7 Å². The maximum absolute atomic E-state index is 12.0. The lowest BCUT2D eigenvalue weighted by Crippen LogP contribution is -2.42. The van der Waals surface area contributed by atoms with Crippen LogP contribution in [0.5, 0.6) is 0 Å². The van der Waals surface area contributed by atoms with Gasteiger partial charge in [-0.3, -0.25) is 4.79 Å². The summed E-state index contributed by atoms with van der Waals surface area (Å²) in [5.74, 6) is -0.731. The van der Waals surface area contributed by atoms with Crippen molar-refractivity contribution in [3.05, 3.63) is 0 Å². The van der Waals surface area contributed by atoms with Crippen LogP contribution in [0.2, 0.25) is 0 Å². The van der Waals surface area contributed by atoms with Gasteiger partial charge in [0.1, 0.15) is 5.92 Å². The molecule has 1 rings (SSSR count). The van der Waals surface area contributed by atoms with E-state index >= 15 is 0 Å². The molecule has 19 heavy (non-hydrogen) atoms. The standard InChI is InChI=1S/C13H26N4O2/c1-10(2)11(12(14)16-19)13(18)15-6-5-9-17-7-3-4-8-17/h10-11,19H,3-9H2,1-2H3,(H2,14,16)(H,15,18). The molecule has 6 nitrogen and oxygen atoms in total. The summed E-state index contributed by atoms with van der Waals surface area (Å²) in [6, 6.07) is 0. The average molecular weight is 270 g/mol. The second kappa shape index (κ2) is 7.99. The highest BCUT2D eigenvalue weighted by Crippen LogP contribution is 2.11. The summed E-state index contributed by atoms with van der Waals surface area (Å²) in [4.78, 5) is 14.4. The summed E-state index contributed by atoms with van der Waals surface area (Å²) in [7, 11) is 0. The summed E-state index contributed by atoms with van der Waals surface area (Å²) in [5.41, 5.74) is 5.55. The Morgan fingerprint density at radius 1 is 1.42 bits per heavy atom. The first-order valence-corrected chi connectivity index (χ1v) is 7.03. The van der Waals surface area contributed by atoms with Gasteiger partial charge in [0.25, 0.3) is 0 Å². The maximum Gasteiger partial charge on any atom is 0.231 e. The second-order valence-corrected chi connectivity index (χ2v) is 5.44. The Morgan fingerprint density at radius 3 is 2.58 bits per heavy atom. The van der Waals surface area contributed by atoms with Crippen LogP contribution in [0.15, 0.2) is 5.16 Å². The number of carbonyl (C=O) groups excluding carboxylic acids is 1. The average Bonchev–Trinajstić information content (AvgIpc) is 2.87. The molecule has 1 atom stereocenters. The lowest BCUT2D eigenvalue weighted by Gasteiger charge is -2.19. The fraction of sp³-hybridized carbons (Fsp3) is 0.846. The molecule has 1 aliphatic heterocycles. The van der Waals surface area contributed by atoms with Crippen LogP contribution in [0.4, 0.5) is 0 Å². The number of likely N-dealkylation sites (tertiary alicyclic amines) is 1. The summed E-state index contributed by atoms with van der Waals surface area (Å²) < 4.78 is 0. The molecular weight excluding hydrogens is 244 g/mol. The molecule has 0 aliphatic carbocycles. The molecule has 0 aromatic heterocycles. The van der Waals surface area contributed by atoms with Crippen molar-refractivity contribution in [2.75, 3.05) is 26.2 Å². The van der Waals surface area contributed by atoms with Crippen molar-refractivity contribution in [3.63, 3.8) is 0 Å². The highest BCUT2D eigenvalue weighted by atomic mass is 16.4. The second-order valence-electron chi connectivity index (χ2n) is 5.44. The van der Waals surface area contributed by atoms with Crippen molar-refractivity contribution in [2.45, 2.75) is 33.1 Å². The van der Waals surface area contributed by atoms with Crippen LogP contribution in [0, 0.1) is 11.8 Å².